The fourth-order valence-electron chi connectivity index (χ4n) is 2.56. The van der Waals surface area contributed by atoms with Gasteiger partial charge in [0.1, 0.15) is 0 Å². The maximum Gasteiger partial charge on any atom is 0.255 e. The van der Waals surface area contributed by atoms with Crippen LogP contribution in [0.3, 0.4) is 0 Å². The molecule has 3 nitrogen and oxygen atoms in total. The largest absolute Gasteiger partial charge is 0.337 e. The first-order valence-electron chi connectivity index (χ1n) is 6.90. The third-order valence-corrected chi connectivity index (χ3v) is 4.66. The van der Waals surface area contributed by atoms with Crippen LogP contribution in [0.25, 0.3) is 0 Å². The number of carbonyl (C=O) groups is 1. The van der Waals surface area contributed by atoms with E-state index in [1.54, 1.807) is 18.2 Å². The number of halogens is 2. The Hall–Kier alpha value is -0.770. The molecule has 5 heteroatoms. The van der Waals surface area contributed by atoms with E-state index in [0.717, 1.165) is 32.4 Å². The van der Waals surface area contributed by atoms with E-state index >= 15 is 0 Å². The lowest BCUT2D eigenvalue weighted by atomic mass is 10.1. The number of amides is 1. The molecule has 2 rings (SSSR count). The van der Waals surface area contributed by atoms with Gasteiger partial charge in [-0.3, -0.25) is 4.79 Å². The highest BCUT2D eigenvalue weighted by Crippen LogP contribution is 2.27. The number of hydrogen-bond acceptors (Lipinski definition) is 2. The lowest BCUT2D eigenvalue weighted by Gasteiger charge is -2.28. The maximum atomic E-state index is 12.7. The second-order valence-corrected chi connectivity index (χ2v) is 6.25. The lowest BCUT2D eigenvalue weighted by Crippen LogP contribution is -2.42. The zero-order chi connectivity index (χ0) is 14.7. The molecule has 1 aromatic carbocycles. The Morgan fingerprint density at radius 3 is 2.75 bits per heavy atom. The SMILES string of the molecule is CN(C)C1CCCCN(C(=O)c2cccc(Cl)c2Cl)C1. The molecule has 1 aliphatic rings. The molecular weight excluding hydrogens is 295 g/mol. The second-order valence-electron chi connectivity index (χ2n) is 5.47. The van der Waals surface area contributed by atoms with E-state index in [1.807, 2.05) is 4.90 Å². The van der Waals surface area contributed by atoms with Crippen LogP contribution in [0.2, 0.25) is 10.0 Å². The summed E-state index contributed by atoms with van der Waals surface area (Å²) in [7, 11) is 4.12. The van der Waals surface area contributed by atoms with E-state index < -0.39 is 0 Å². The zero-order valence-electron chi connectivity index (χ0n) is 11.9. The Morgan fingerprint density at radius 2 is 2.05 bits per heavy atom. The first kappa shape index (κ1) is 15.6. The van der Waals surface area contributed by atoms with Crippen LogP contribution in [0.5, 0.6) is 0 Å². The molecule has 0 aromatic heterocycles. The van der Waals surface area contributed by atoms with Gasteiger partial charge in [0.2, 0.25) is 0 Å². The molecule has 1 saturated heterocycles. The molecule has 110 valence electrons. The highest BCUT2D eigenvalue weighted by atomic mass is 35.5. The number of hydrogen-bond donors (Lipinski definition) is 0. The molecule has 1 atom stereocenters. The van der Waals surface area contributed by atoms with Gasteiger partial charge in [0.25, 0.3) is 5.91 Å². The van der Waals surface area contributed by atoms with Crippen molar-refractivity contribution in [2.24, 2.45) is 0 Å². The molecule has 0 saturated carbocycles. The summed E-state index contributed by atoms with van der Waals surface area (Å²) in [5, 5.41) is 0.779. The van der Waals surface area contributed by atoms with E-state index in [4.69, 9.17) is 23.2 Å². The third-order valence-electron chi connectivity index (χ3n) is 3.85. The minimum absolute atomic E-state index is 0.0220. The number of nitrogens with zero attached hydrogens (tertiary/aromatic N) is 2. The van der Waals surface area contributed by atoms with Gasteiger partial charge in [-0.1, -0.05) is 35.7 Å². The molecule has 1 aromatic rings. The Balaban J connectivity index is 2.20. The third kappa shape index (κ3) is 3.46. The van der Waals surface area contributed by atoms with Crippen LogP contribution in [0, 0.1) is 0 Å². The summed E-state index contributed by atoms with van der Waals surface area (Å²) in [6.45, 7) is 1.53. The van der Waals surface area contributed by atoms with Crippen molar-refractivity contribution < 1.29 is 4.79 Å². The van der Waals surface area contributed by atoms with Crippen LogP contribution in [-0.4, -0.2) is 48.9 Å². The first-order chi connectivity index (χ1) is 9.50. The second kappa shape index (κ2) is 6.79. The van der Waals surface area contributed by atoms with Crippen LogP contribution in [-0.2, 0) is 0 Å². The molecule has 1 fully saturated rings. The van der Waals surface area contributed by atoms with Crippen molar-refractivity contribution in [1.82, 2.24) is 9.80 Å². The summed E-state index contributed by atoms with van der Waals surface area (Å²) < 4.78 is 0. The van der Waals surface area contributed by atoms with Gasteiger partial charge < -0.3 is 9.80 Å². The average Bonchev–Trinajstić information content (AvgIpc) is 2.67. The van der Waals surface area contributed by atoms with E-state index in [0.29, 0.717) is 21.7 Å². The van der Waals surface area contributed by atoms with Gasteiger partial charge in [-0.15, -0.1) is 0 Å². The molecule has 0 spiro atoms. The van der Waals surface area contributed by atoms with Crippen molar-refractivity contribution in [3.8, 4) is 0 Å². The van der Waals surface area contributed by atoms with Gasteiger partial charge in [-0.05, 0) is 39.1 Å². The monoisotopic (exact) mass is 314 g/mol. The van der Waals surface area contributed by atoms with Crippen molar-refractivity contribution in [1.29, 1.82) is 0 Å². The van der Waals surface area contributed by atoms with Crippen molar-refractivity contribution in [3.05, 3.63) is 33.8 Å². The molecule has 1 aliphatic heterocycles. The molecule has 1 amide bonds. The smallest absolute Gasteiger partial charge is 0.255 e. The molecule has 0 radical (unpaired) electrons. The van der Waals surface area contributed by atoms with Gasteiger partial charge >= 0.3 is 0 Å². The molecule has 0 N–H and O–H groups in total. The van der Waals surface area contributed by atoms with Crippen LogP contribution >= 0.6 is 23.2 Å². The zero-order valence-corrected chi connectivity index (χ0v) is 13.4. The van der Waals surface area contributed by atoms with E-state index in [9.17, 15) is 4.79 Å². The predicted molar refractivity (Wildman–Crippen MR) is 83.7 cm³/mol. The van der Waals surface area contributed by atoms with E-state index in [2.05, 4.69) is 19.0 Å². The van der Waals surface area contributed by atoms with E-state index in [-0.39, 0.29) is 5.91 Å². The maximum absolute atomic E-state index is 12.7. The number of carbonyl (C=O) groups excluding carboxylic acids is 1. The van der Waals surface area contributed by atoms with Crippen molar-refractivity contribution >= 4 is 29.1 Å². The topological polar surface area (TPSA) is 23.6 Å². The van der Waals surface area contributed by atoms with Crippen LogP contribution in [0.1, 0.15) is 29.6 Å². The van der Waals surface area contributed by atoms with E-state index in [1.165, 1.54) is 0 Å². The Morgan fingerprint density at radius 1 is 1.30 bits per heavy atom. The van der Waals surface area contributed by atoms with Crippen molar-refractivity contribution in [2.75, 3.05) is 27.2 Å². The molecule has 0 bridgehead atoms. The summed E-state index contributed by atoms with van der Waals surface area (Å²) in [4.78, 5) is 16.7. The quantitative estimate of drug-likeness (QED) is 0.833. The number of rotatable bonds is 2. The summed E-state index contributed by atoms with van der Waals surface area (Å²) in [6.07, 6.45) is 3.31. The highest BCUT2D eigenvalue weighted by Gasteiger charge is 2.25. The van der Waals surface area contributed by atoms with Gasteiger partial charge in [0, 0.05) is 19.1 Å². The Bertz CT molecular complexity index is 491. The minimum Gasteiger partial charge on any atom is -0.337 e. The predicted octanol–water partition coefficient (Wildman–Crippen LogP) is 3.55. The Labute approximate surface area is 130 Å². The van der Waals surface area contributed by atoms with Crippen molar-refractivity contribution in [2.45, 2.75) is 25.3 Å². The number of benzene rings is 1. The summed E-state index contributed by atoms with van der Waals surface area (Å²) >= 11 is 12.2. The number of likely N-dealkylation sites (tertiary alicyclic amines) is 1. The van der Waals surface area contributed by atoms with Gasteiger partial charge in [-0.2, -0.15) is 0 Å². The summed E-state index contributed by atoms with van der Waals surface area (Å²) in [5.74, 6) is -0.0220. The van der Waals surface area contributed by atoms with Gasteiger partial charge in [0.05, 0.1) is 15.6 Å². The van der Waals surface area contributed by atoms with Crippen molar-refractivity contribution in [3.63, 3.8) is 0 Å². The van der Waals surface area contributed by atoms with Crippen LogP contribution in [0.15, 0.2) is 18.2 Å². The fourth-order valence-corrected chi connectivity index (χ4v) is 2.95. The van der Waals surface area contributed by atoms with Crippen LogP contribution in [0.4, 0.5) is 0 Å². The molecule has 1 heterocycles. The van der Waals surface area contributed by atoms with Gasteiger partial charge in [0.15, 0.2) is 0 Å². The standard InChI is InChI=1S/C15H20Cl2N2O/c1-18(2)11-6-3-4-9-19(10-11)15(20)12-7-5-8-13(16)14(12)17/h5,7-8,11H,3-4,6,9-10H2,1-2H3. The summed E-state index contributed by atoms with van der Waals surface area (Å²) in [5.41, 5.74) is 0.499. The average molecular weight is 315 g/mol. The molecule has 20 heavy (non-hydrogen) atoms. The van der Waals surface area contributed by atoms with Gasteiger partial charge in [-0.25, -0.2) is 0 Å². The molecule has 0 aliphatic carbocycles. The Kier molecular flexibility index (Phi) is 5.30. The highest BCUT2D eigenvalue weighted by molar-refractivity contribution is 6.43. The van der Waals surface area contributed by atoms with Crippen LogP contribution < -0.4 is 0 Å². The normalized spacial score (nSPS) is 20.1. The molecular formula is C15H20Cl2N2O. The lowest BCUT2D eigenvalue weighted by molar-refractivity contribution is 0.0726. The first-order valence-corrected chi connectivity index (χ1v) is 7.66. The fraction of sp³-hybridized carbons (Fsp3) is 0.533. The number of likely N-dealkylation sites (N-methyl/N-ethyl adjacent to an activating group) is 1. The minimum atomic E-state index is -0.0220. The summed E-state index contributed by atoms with van der Waals surface area (Å²) in [6, 6.07) is 5.61. The molecule has 1 unspecified atom stereocenters.